The van der Waals surface area contributed by atoms with Crippen LogP contribution in [0, 0.1) is 6.92 Å². The smallest absolute Gasteiger partial charge is 0.141 e. The molecule has 5 heteroatoms. The number of nitrogens with zero attached hydrogens (tertiary/aromatic N) is 3. The van der Waals surface area contributed by atoms with Gasteiger partial charge < -0.3 is 10.2 Å². The quantitative estimate of drug-likeness (QED) is 0.943. The minimum atomic E-state index is 0.524. The van der Waals surface area contributed by atoms with Crippen LogP contribution in [0.25, 0.3) is 10.2 Å². The average molecular weight is 290 g/mol. The second kappa shape index (κ2) is 5.66. The van der Waals surface area contributed by atoms with Gasteiger partial charge in [-0.3, -0.25) is 0 Å². The van der Waals surface area contributed by atoms with Crippen LogP contribution >= 0.6 is 11.3 Å². The van der Waals surface area contributed by atoms with Crippen molar-refractivity contribution in [2.24, 2.45) is 0 Å². The van der Waals surface area contributed by atoms with Crippen LogP contribution in [0.3, 0.4) is 0 Å². The van der Waals surface area contributed by atoms with E-state index in [4.69, 9.17) is 0 Å². The van der Waals surface area contributed by atoms with Crippen molar-refractivity contribution in [3.05, 3.63) is 17.3 Å². The number of aromatic nitrogens is 2. The summed E-state index contributed by atoms with van der Waals surface area (Å²) in [5.41, 5.74) is 0. The number of anilines is 1. The van der Waals surface area contributed by atoms with Crippen LogP contribution in [0.2, 0.25) is 0 Å². The Morgan fingerprint density at radius 2 is 2.20 bits per heavy atom. The summed E-state index contributed by atoms with van der Waals surface area (Å²) in [5, 5.41) is 4.85. The van der Waals surface area contributed by atoms with Crippen molar-refractivity contribution in [3.63, 3.8) is 0 Å². The molecule has 108 valence electrons. The monoisotopic (exact) mass is 290 g/mol. The predicted molar refractivity (Wildman–Crippen MR) is 85.7 cm³/mol. The number of thiophene rings is 1. The normalized spacial score (nSPS) is 23.4. The zero-order valence-corrected chi connectivity index (χ0v) is 13.2. The van der Waals surface area contributed by atoms with Gasteiger partial charge in [0.25, 0.3) is 0 Å². The average Bonchev–Trinajstić information content (AvgIpc) is 2.86. The highest BCUT2D eigenvalue weighted by Gasteiger charge is 2.28. The van der Waals surface area contributed by atoms with Crippen molar-refractivity contribution in [2.75, 3.05) is 18.0 Å². The molecule has 0 saturated carbocycles. The summed E-state index contributed by atoms with van der Waals surface area (Å²) in [6.45, 7) is 8.72. The lowest BCUT2D eigenvalue weighted by atomic mass is 10.0. The zero-order chi connectivity index (χ0) is 14.1. The first-order valence-corrected chi connectivity index (χ1v) is 8.25. The molecule has 0 radical (unpaired) electrons. The van der Waals surface area contributed by atoms with E-state index in [-0.39, 0.29) is 0 Å². The molecule has 0 amide bonds. The number of nitrogens with one attached hydrogen (secondary N) is 1. The van der Waals surface area contributed by atoms with E-state index in [9.17, 15) is 0 Å². The van der Waals surface area contributed by atoms with Crippen molar-refractivity contribution in [1.82, 2.24) is 15.3 Å². The molecule has 1 aliphatic heterocycles. The van der Waals surface area contributed by atoms with Crippen molar-refractivity contribution in [1.29, 1.82) is 0 Å². The highest BCUT2D eigenvalue weighted by molar-refractivity contribution is 7.18. The zero-order valence-electron chi connectivity index (χ0n) is 12.4. The largest absolute Gasteiger partial charge is 0.350 e. The minimum absolute atomic E-state index is 0.524. The third kappa shape index (κ3) is 2.40. The summed E-state index contributed by atoms with van der Waals surface area (Å²) < 4.78 is 0. The van der Waals surface area contributed by atoms with Gasteiger partial charge in [0.1, 0.15) is 17.0 Å². The molecular formula is C15H22N4S. The minimum Gasteiger partial charge on any atom is -0.350 e. The number of fused-ring (bicyclic) bond motifs is 1. The van der Waals surface area contributed by atoms with Crippen LogP contribution in [0.1, 0.15) is 31.6 Å². The number of hydrogen-bond acceptors (Lipinski definition) is 5. The van der Waals surface area contributed by atoms with Crippen LogP contribution in [0.4, 0.5) is 5.82 Å². The van der Waals surface area contributed by atoms with Crippen molar-refractivity contribution < 1.29 is 0 Å². The van der Waals surface area contributed by atoms with Gasteiger partial charge in [-0.2, -0.15) is 0 Å². The van der Waals surface area contributed by atoms with Crippen molar-refractivity contribution in [3.8, 4) is 0 Å². The molecular weight excluding hydrogens is 268 g/mol. The maximum absolute atomic E-state index is 4.60. The molecule has 0 aromatic carbocycles. The molecule has 1 N–H and O–H groups in total. The van der Waals surface area contributed by atoms with Crippen LogP contribution in [0.15, 0.2) is 12.4 Å². The van der Waals surface area contributed by atoms with Crippen LogP contribution < -0.4 is 10.2 Å². The molecule has 0 aliphatic carbocycles. The first-order chi connectivity index (χ1) is 9.72. The molecule has 2 unspecified atom stereocenters. The number of piperazine rings is 1. The van der Waals surface area contributed by atoms with Gasteiger partial charge in [-0.15, -0.1) is 11.3 Å². The van der Waals surface area contributed by atoms with Gasteiger partial charge in [-0.25, -0.2) is 9.97 Å². The third-order valence-electron chi connectivity index (χ3n) is 4.17. The first kappa shape index (κ1) is 13.8. The van der Waals surface area contributed by atoms with Crippen LogP contribution in [0.5, 0.6) is 0 Å². The van der Waals surface area contributed by atoms with Gasteiger partial charge in [-0.05, 0) is 25.8 Å². The second-order valence-electron chi connectivity index (χ2n) is 5.50. The molecule has 3 heterocycles. The van der Waals surface area contributed by atoms with E-state index in [0.717, 1.165) is 36.6 Å². The van der Waals surface area contributed by atoms with E-state index in [1.807, 2.05) is 0 Å². The van der Waals surface area contributed by atoms with E-state index in [0.29, 0.717) is 12.1 Å². The molecule has 4 nitrogen and oxygen atoms in total. The molecule has 1 aliphatic rings. The summed E-state index contributed by atoms with van der Waals surface area (Å²) in [4.78, 5) is 13.9. The lowest BCUT2D eigenvalue weighted by Crippen LogP contribution is -2.56. The van der Waals surface area contributed by atoms with E-state index >= 15 is 0 Å². The summed E-state index contributed by atoms with van der Waals surface area (Å²) in [7, 11) is 0. The molecule has 2 aromatic heterocycles. The molecule has 20 heavy (non-hydrogen) atoms. The van der Waals surface area contributed by atoms with Gasteiger partial charge in [0, 0.05) is 30.1 Å². The van der Waals surface area contributed by atoms with Crippen LogP contribution in [-0.4, -0.2) is 35.1 Å². The fraction of sp³-hybridized carbons (Fsp3) is 0.600. The van der Waals surface area contributed by atoms with Gasteiger partial charge in [0.05, 0.1) is 5.39 Å². The molecule has 0 spiro atoms. The topological polar surface area (TPSA) is 41.1 Å². The predicted octanol–water partition coefficient (Wildman–Crippen LogP) is 2.97. The van der Waals surface area contributed by atoms with E-state index in [1.165, 1.54) is 10.3 Å². The maximum Gasteiger partial charge on any atom is 0.141 e. The lowest BCUT2D eigenvalue weighted by molar-refractivity contribution is 0.377. The van der Waals surface area contributed by atoms with Gasteiger partial charge in [0.15, 0.2) is 0 Å². The fourth-order valence-electron chi connectivity index (χ4n) is 2.95. The number of rotatable bonds is 3. The second-order valence-corrected chi connectivity index (χ2v) is 6.74. The summed E-state index contributed by atoms with van der Waals surface area (Å²) >= 11 is 1.75. The Morgan fingerprint density at radius 3 is 2.95 bits per heavy atom. The fourth-order valence-corrected chi connectivity index (χ4v) is 3.80. The Kier molecular flexibility index (Phi) is 3.89. The molecule has 2 atom stereocenters. The number of hydrogen-bond donors (Lipinski definition) is 1. The third-order valence-corrected chi connectivity index (χ3v) is 5.13. The van der Waals surface area contributed by atoms with E-state index in [1.54, 1.807) is 17.7 Å². The SMILES string of the molecule is CCC1CN(c2ncnc3sc(C)cc23)C(CC)CN1. The number of aryl methyl sites for hydroxylation is 1. The van der Waals surface area contributed by atoms with Gasteiger partial charge >= 0.3 is 0 Å². The Hall–Kier alpha value is -1.20. The first-order valence-electron chi connectivity index (χ1n) is 7.44. The Labute approximate surface area is 124 Å². The molecule has 0 bridgehead atoms. The summed E-state index contributed by atoms with van der Waals surface area (Å²) in [6.07, 6.45) is 4.01. The van der Waals surface area contributed by atoms with Crippen molar-refractivity contribution >= 4 is 27.4 Å². The maximum atomic E-state index is 4.60. The Balaban J connectivity index is 2.02. The molecule has 2 aromatic rings. The highest BCUT2D eigenvalue weighted by atomic mass is 32.1. The summed E-state index contributed by atoms with van der Waals surface area (Å²) in [5.74, 6) is 1.12. The highest BCUT2D eigenvalue weighted by Crippen LogP contribution is 2.32. The molecule has 3 rings (SSSR count). The molecule has 1 fully saturated rings. The van der Waals surface area contributed by atoms with Crippen molar-refractivity contribution in [2.45, 2.75) is 45.7 Å². The Morgan fingerprint density at radius 1 is 1.35 bits per heavy atom. The lowest BCUT2D eigenvalue weighted by Gasteiger charge is -2.41. The standard InChI is InChI=1S/C15H22N4S/c1-4-11-8-19(12(5-2)7-16-11)14-13-6-10(3)20-15(13)18-9-17-14/h6,9,11-12,16H,4-5,7-8H2,1-3H3. The van der Waals surface area contributed by atoms with Gasteiger partial charge in [-0.1, -0.05) is 13.8 Å². The Bertz CT molecular complexity index is 595. The van der Waals surface area contributed by atoms with E-state index < -0.39 is 0 Å². The van der Waals surface area contributed by atoms with Gasteiger partial charge in [0.2, 0.25) is 0 Å². The summed E-state index contributed by atoms with van der Waals surface area (Å²) in [6, 6.07) is 3.31. The molecule has 1 saturated heterocycles. The van der Waals surface area contributed by atoms with Crippen LogP contribution in [-0.2, 0) is 0 Å². The van der Waals surface area contributed by atoms with E-state index in [2.05, 4.69) is 47.0 Å².